The molecule has 0 unspecified atom stereocenters. The summed E-state index contributed by atoms with van der Waals surface area (Å²) in [6, 6.07) is 11.2. The number of amides is 1. The smallest absolute Gasteiger partial charge is 0.308 e. The molecule has 2 aromatic rings. The Hall–Kier alpha value is -4.09. The van der Waals surface area contributed by atoms with E-state index in [1.165, 1.54) is 13.8 Å². The quantitative estimate of drug-likeness (QED) is 0.194. The molecule has 1 spiro atoms. The van der Waals surface area contributed by atoms with Crippen LogP contribution in [0, 0.1) is 24.7 Å². The fourth-order valence-electron chi connectivity index (χ4n) is 8.65. The Kier molecular flexibility index (Phi) is 8.03. The molecule has 0 aromatic heterocycles. The summed E-state index contributed by atoms with van der Waals surface area (Å²) in [4.78, 5) is 43.5. The van der Waals surface area contributed by atoms with Crippen LogP contribution in [0.1, 0.15) is 69.2 Å². The van der Waals surface area contributed by atoms with E-state index >= 15 is 0 Å². The van der Waals surface area contributed by atoms with Crippen molar-refractivity contribution in [3.63, 3.8) is 0 Å². The zero-order chi connectivity index (χ0) is 32.1. The molecule has 1 saturated carbocycles. The summed E-state index contributed by atoms with van der Waals surface area (Å²) < 4.78 is 19.2. The van der Waals surface area contributed by atoms with Gasteiger partial charge in [-0.1, -0.05) is 44.0 Å². The predicted octanol–water partition coefficient (Wildman–Crippen LogP) is 4.74. The number of likely N-dealkylation sites (tertiary alicyclic amines) is 1. The molecule has 1 saturated heterocycles. The lowest BCUT2D eigenvalue weighted by atomic mass is 9.48. The van der Waals surface area contributed by atoms with E-state index in [0.29, 0.717) is 50.3 Å². The third-order valence-corrected chi connectivity index (χ3v) is 9.98. The van der Waals surface area contributed by atoms with Crippen molar-refractivity contribution >= 4 is 17.8 Å². The van der Waals surface area contributed by atoms with Crippen molar-refractivity contribution in [3.05, 3.63) is 71.3 Å². The summed E-state index contributed by atoms with van der Waals surface area (Å²) in [7, 11) is 0. The zero-order valence-electron chi connectivity index (χ0n) is 26.9. The molecule has 2 aromatic carbocycles. The molecule has 6 rings (SSSR count). The maximum absolute atomic E-state index is 14.1. The number of aryl methyl sites for hydroxylation is 1. The second-order valence-electron chi connectivity index (χ2n) is 13.3. The van der Waals surface area contributed by atoms with Gasteiger partial charge in [0, 0.05) is 50.5 Å². The van der Waals surface area contributed by atoms with Gasteiger partial charge in [-0.2, -0.15) is 0 Å². The number of hydrogen-bond acceptors (Lipinski definition) is 7. The van der Waals surface area contributed by atoms with Gasteiger partial charge in [0.25, 0.3) is 5.91 Å². The predicted molar refractivity (Wildman–Crippen MR) is 170 cm³/mol. The minimum atomic E-state index is -0.895. The van der Waals surface area contributed by atoms with Crippen LogP contribution in [-0.2, 0) is 31.0 Å². The highest BCUT2D eigenvalue weighted by atomic mass is 16.6. The van der Waals surface area contributed by atoms with Gasteiger partial charge in [-0.25, -0.2) is 0 Å². The normalized spacial score (nSPS) is 27.4. The molecule has 2 heterocycles. The van der Waals surface area contributed by atoms with Crippen molar-refractivity contribution in [1.29, 1.82) is 0 Å². The number of carbonyl (C=O) groups excluding carboxylic acids is 3. The first kappa shape index (κ1) is 30.9. The molecule has 8 heteroatoms. The van der Waals surface area contributed by atoms with Gasteiger partial charge in [0.1, 0.15) is 11.7 Å². The summed E-state index contributed by atoms with van der Waals surface area (Å²) in [5.41, 5.74) is 2.26. The number of piperidine rings is 1. The molecule has 0 radical (unpaired) electrons. The van der Waals surface area contributed by atoms with E-state index in [2.05, 4.69) is 37.2 Å². The van der Waals surface area contributed by atoms with Gasteiger partial charge in [-0.05, 0) is 67.9 Å². The number of hydrogen-bond donors (Lipinski definition) is 0. The minimum absolute atomic E-state index is 0.103. The summed E-state index contributed by atoms with van der Waals surface area (Å²) in [5.74, 6) is 6.02. The van der Waals surface area contributed by atoms with Crippen molar-refractivity contribution < 1.29 is 28.6 Å². The van der Waals surface area contributed by atoms with E-state index in [0.717, 1.165) is 28.8 Å². The lowest BCUT2D eigenvalue weighted by Crippen LogP contribution is -2.79. The van der Waals surface area contributed by atoms with Crippen LogP contribution in [0.25, 0.3) is 0 Å². The topological polar surface area (TPSA) is 85.4 Å². The van der Waals surface area contributed by atoms with Crippen molar-refractivity contribution in [3.8, 4) is 23.3 Å². The second kappa shape index (κ2) is 11.7. The Morgan fingerprint density at radius 1 is 1.18 bits per heavy atom. The van der Waals surface area contributed by atoms with Crippen LogP contribution in [0.3, 0.4) is 0 Å². The van der Waals surface area contributed by atoms with E-state index in [1.54, 1.807) is 6.07 Å². The van der Waals surface area contributed by atoms with Crippen molar-refractivity contribution in [2.45, 2.75) is 89.5 Å². The standard InChI is InChI=1S/C37H42N2O6/c1-7-18-38-19-17-36-33-28-12-13-30(43-25(5)40)34(33)44-35(36)29(15-16-37(36,31(38)21-28)45-26(6)41)39(22-23(2)3)32(42)14-11-27-10-8-9-24(4)20-27/h7-10,12-13,20,23,29,31,35H,1,15-19,21-22H2,2-6H3/t29-,31-,35+,36+,37-/m1/s1. The molecule has 2 fully saturated rings. The first-order valence-electron chi connectivity index (χ1n) is 16.0. The van der Waals surface area contributed by atoms with E-state index in [9.17, 15) is 14.4 Å². The van der Waals surface area contributed by atoms with Gasteiger partial charge in [-0.3, -0.25) is 19.3 Å². The zero-order valence-corrected chi connectivity index (χ0v) is 26.9. The van der Waals surface area contributed by atoms with Crippen LogP contribution in [0.2, 0.25) is 0 Å². The van der Waals surface area contributed by atoms with Gasteiger partial charge in [0.05, 0.1) is 17.5 Å². The summed E-state index contributed by atoms with van der Waals surface area (Å²) >= 11 is 0. The number of esters is 2. The molecule has 8 nitrogen and oxygen atoms in total. The fourth-order valence-corrected chi connectivity index (χ4v) is 8.65. The van der Waals surface area contributed by atoms with Gasteiger partial charge in [-0.15, -0.1) is 6.58 Å². The second-order valence-corrected chi connectivity index (χ2v) is 13.3. The van der Waals surface area contributed by atoms with Crippen molar-refractivity contribution in [2.75, 3.05) is 19.6 Å². The molecule has 1 amide bonds. The van der Waals surface area contributed by atoms with Gasteiger partial charge in [0.2, 0.25) is 0 Å². The average molecular weight is 611 g/mol. The third kappa shape index (κ3) is 5.02. The fraction of sp³-hybridized carbons (Fsp3) is 0.486. The molecule has 4 aliphatic rings. The van der Waals surface area contributed by atoms with Gasteiger partial charge >= 0.3 is 11.9 Å². The monoisotopic (exact) mass is 610 g/mol. The summed E-state index contributed by atoms with van der Waals surface area (Å²) in [6.07, 6.45) is 3.78. The SMILES string of the molecule is C=CCN1CC[C@]23c4c5ccc(OC(C)=O)c4O[C@H]2[C@H](N(CC(C)C)C(=O)C#Cc2cccc(C)c2)CC[C@@]3(OC(C)=O)[C@H]1C5. The Morgan fingerprint density at radius 3 is 2.67 bits per heavy atom. The summed E-state index contributed by atoms with van der Waals surface area (Å²) in [5, 5.41) is 0. The van der Waals surface area contributed by atoms with E-state index < -0.39 is 23.1 Å². The van der Waals surface area contributed by atoms with E-state index in [4.69, 9.17) is 14.2 Å². The number of ether oxygens (including phenoxy) is 3. The maximum Gasteiger partial charge on any atom is 0.308 e. The Labute approximate surface area is 265 Å². The maximum atomic E-state index is 14.1. The largest absolute Gasteiger partial charge is 0.483 e. The van der Waals surface area contributed by atoms with Crippen LogP contribution >= 0.6 is 0 Å². The van der Waals surface area contributed by atoms with Crippen LogP contribution in [0.5, 0.6) is 11.5 Å². The Morgan fingerprint density at radius 2 is 1.98 bits per heavy atom. The third-order valence-electron chi connectivity index (χ3n) is 9.98. The van der Waals surface area contributed by atoms with E-state index in [1.807, 2.05) is 48.2 Å². The van der Waals surface area contributed by atoms with Crippen LogP contribution in [-0.4, -0.2) is 71.1 Å². The highest BCUT2D eigenvalue weighted by molar-refractivity contribution is 5.94. The first-order chi connectivity index (χ1) is 21.5. The van der Waals surface area contributed by atoms with Crippen LogP contribution in [0.4, 0.5) is 0 Å². The Bertz CT molecular complexity index is 1620. The number of benzene rings is 2. The molecule has 2 aliphatic heterocycles. The first-order valence-corrected chi connectivity index (χ1v) is 16.0. The molecular formula is C37H42N2O6. The molecule has 2 aliphatic carbocycles. The number of carbonyl (C=O) groups is 3. The van der Waals surface area contributed by atoms with Gasteiger partial charge < -0.3 is 19.1 Å². The van der Waals surface area contributed by atoms with Crippen LogP contribution in [0.15, 0.2) is 49.1 Å². The molecule has 5 atom stereocenters. The molecule has 236 valence electrons. The average Bonchev–Trinajstić information content (AvgIpc) is 3.32. The highest BCUT2D eigenvalue weighted by Crippen LogP contribution is 2.67. The summed E-state index contributed by atoms with van der Waals surface area (Å²) in [6.45, 7) is 14.9. The minimum Gasteiger partial charge on any atom is -0.483 e. The van der Waals surface area contributed by atoms with E-state index in [-0.39, 0.29) is 29.9 Å². The molecule has 45 heavy (non-hydrogen) atoms. The van der Waals surface area contributed by atoms with Crippen molar-refractivity contribution in [1.82, 2.24) is 9.80 Å². The van der Waals surface area contributed by atoms with Crippen LogP contribution < -0.4 is 9.47 Å². The Balaban J connectivity index is 1.51. The molecule has 0 N–H and O–H groups in total. The highest BCUT2D eigenvalue weighted by Gasteiger charge is 2.75. The van der Waals surface area contributed by atoms with Crippen molar-refractivity contribution in [2.24, 2.45) is 5.92 Å². The lowest BCUT2D eigenvalue weighted by Gasteiger charge is -2.65. The molecule has 2 bridgehead atoms. The molecular weight excluding hydrogens is 568 g/mol. The lowest BCUT2D eigenvalue weighted by molar-refractivity contribution is -0.223. The number of nitrogens with zero attached hydrogens (tertiary/aromatic N) is 2. The number of rotatable bonds is 7. The van der Waals surface area contributed by atoms with Gasteiger partial charge in [0.15, 0.2) is 11.5 Å².